The van der Waals surface area contributed by atoms with E-state index in [4.69, 9.17) is 19.7 Å². The SMILES string of the molecule is CCCCCCCC/C=C/CCCCCCCCOCCCOP(=O)(O)CO[C@H](CO)Cn1ccc(N)nc1=O. The van der Waals surface area contributed by atoms with Gasteiger partial charge in [-0.3, -0.25) is 9.13 Å². The summed E-state index contributed by atoms with van der Waals surface area (Å²) in [6.45, 7) is 2.98. The highest BCUT2D eigenvalue weighted by atomic mass is 31.2. The Kier molecular flexibility index (Phi) is 22.0. The van der Waals surface area contributed by atoms with Crippen molar-refractivity contribution in [3.63, 3.8) is 0 Å². The fourth-order valence-corrected chi connectivity index (χ4v) is 5.01. The van der Waals surface area contributed by atoms with Crippen molar-refractivity contribution in [1.82, 2.24) is 9.55 Å². The van der Waals surface area contributed by atoms with Gasteiger partial charge in [0.1, 0.15) is 12.2 Å². The van der Waals surface area contributed by atoms with E-state index in [1.54, 1.807) is 0 Å². The highest BCUT2D eigenvalue weighted by molar-refractivity contribution is 7.52. The third-order valence-corrected chi connectivity index (χ3v) is 7.56. The standard InChI is InChI=1S/C29H54N3O7P/c1-2-3-4-5-6-7-8-9-10-11-12-13-14-15-16-17-21-37-22-18-23-39-40(35,36)26-38-27(25-33)24-32-20-19-28(30)31-29(32)34/h9-10,19-20,27,33H,2-8,11-18,21-26H2,1H3,(H,35,36)(H2,30,31,34)/b10-9+/t27-/m0/s1. The third-order valence-electron chi connectivity index (χ3n) is 6.50. The van der Waals surface area contributed by atoms with Crippen LogP contribution >= 0.6 is 7.60 Å². The van der Waals surface area contributed by atoms with Crippen LogP contribution in [0.5, 0.6) is 0 Å². The molecule has 0 bridgehead atoms. The summed E-state index contributed by atoms with van der Waals surface area (Å²) in [5.41, 5.74) is 4.86. The van der Waals surface area contributed by atoms with Crippen LogP contribution in [0.25, 0.3) is 0 Å². The Balaban J connectivity index is 1.93. The number of aliphatic hydroxyl groups excluding tert-OH is 1. The van der Waals surface area contributed by atoms with Gasteiger partial charge in [0.25, 0.3) is 0 Å². The number of aliphatic hydroxyl groups is 1. The summed E-state index contributed by atoms with van der Waals surface area (Å²) in [5, 5.41) is 9.47. The molecule has 0 saturated heterocycles. The van der Waals surface area contributed by atoms with E-state index in [2.05, 4.69) is 24.1 Å². The number of nitrogen functional groups attached to an aromatic ring is 1. The predicted octanol–water partition coefficient (Wildman–Crippen LogP) is 5.81. The molecule has 1 heterocycles. The fourth-order valence-electron chi connectivity index (χ4n) is 4.12. The highest BCUT2D eigenvalue weighted by Crippen LogP contribution is 2.42. The van der Waals surface area contributed by atoms with Gasteiger partial charge in [-0.2, -0.15) is 4.98 Å². The Bertz CT molecular complexity index is 881. The molecule has 0 saturated carbocycles. The van der Waals surface area contributed by atoms with E-state index in [-0.39, 0.29) is 19.0 Å². The molecule has 0 fully saturated rings. The lowest BCUT2D eigenvalue weighted by molar-refractivity contribution is 0.0162. The van der Waals surface area contributed by atoms with Crippen molar-refractivity contribution in [3.05, 3.63) is 34.9 Å². The van der Waals surface area contributed by atoms with E-state index in [9.17, 15) is 19.4 Å². The van der Waals surface area contributed by atoms with Gasteiger partial charge in [-0.15, -0.1) is 0 Å². The van der Waals surface area contributed by atoms with Gasteiger partial charge in [-0.05, 0) is 44.6 Å². The van der Waals surface area contributed by atoms with Crippen LogP contribution in [0.15, 0.2) is 29.2 Å². The van der Waals surface area contributed by atoms with Gasteiger partial charge in [0.2, 0.25) is 0 Å². The largest absolute Gasteiger partial charge is 0.394 e. The number of aromatic nitrogens is 2. The van der Waals surface area contributed by atoms with Crippen LogP contribution in [0.3, 0.4) is 0 Å². The topological polar surface area (TPSA) is 146 Å². The van der Waals surface area contributed by atoms with Crippen molar-refractivity contribution in [3.8, 4) is 0 Å². The van der Waals surface area contributed by atoms with Gasteiger partial charge in [-0.25, -0.2) is 4.79 Å². The normalized spacial score (nSPS) is 14.1. The molecule has 1 unspecified atom stereocenters. The predicted molar refractivity (Wildman–Crippen MR) is 160 cm³/mol. The van der Waals surface area contributed by atoms with Crippen LogP contribution in [0.1, 0.15) is 103 Å². The zero-order valence-electron chi connectivity index (χ0n) is 24.6. The molecule has 4 N–H and O–H groups in total. The van der Waals surface area contributed by atoms with Gasteiger partial charge >= 0.3 is 13.3 Å². The molecular weight excluding hydrogens is 533 g/mol. The molecule has 0 aliphatic heterocycles. The number of hydrogen-bond acceptors (Lipinski definition) is 8. The summed E-state index contributed by atoms with van der Waals surface area (Å²) in [6.07, 6.45) is 22.9. The van der Waals surface area contributed by atoms with Crippen molar-refractivity contribution in [2.24, 2.45) is 0 Å². The summed E-state index contributed by atoms with van der Waals surface area (Å²) in [6, 6.07) is 1.44. The Morgan fingerprint density at radius 2 is 1.55 bits per heavy atom. The van der Waals surface area contributed by atoms with Gasteiger partial charge < -0.3 is 29.7 Å². The van der Waals surface area contributed by atoms with Crippen LogP contribution in [0.2, 0.25) is 0 Å². The first-order valence-corrected chi connectivity index (χ1v) is 16.9. The first kappa shape index (κ1) is 36.5. The second-order valence-corrected chi connectivity index (χ2v) is 12.1. The smallest absolute Gasteiger partial charge is 0.353 e. The molecule has 1 aromatic rings. The lowest BCUT2D eigenvalue weighted by Gasteiger charge is -2.19. The zero-order valence-corrected chi connectivity index (χ0v) is 25.5. The number of nitrogens with zero attached hydrogens (tertiary/aromatic N) is 2. The van der Waals surface area contributed by atoms with Gasteiger partial charge in [0.15, 0.2) is 0 Å². The van der Waals surface area contributed by atoms with Crippen LogP contribution in [0.4, 0.5) is 5.82 Å². The Morgan fingerprint density at radius 3 is 2.17 bits per heavy atom. The van der Waals surface area contributed by atoms with E-state index in [1.165, 1.54) is 93.9 Å². The maximum absolute atomic E-state index is 12.2. The van der Waals surface area contributed by atoms with E-state index >= 15 is 0 Å². The van der Waals surface area contributed by atoms with Crippen LogP contribution in [0, 0.1) is 0 Å². The number of unbranched alkanes of at least 4 members (excludes halogenated alkanes) is 12. The van der Waals surface area contributed by atoms with Crippen LogP contribution in [-0.2, 0) is 25.1 Å². The highest BCUT2D eigenvalue weighted by Gasteiger charge is 2.22. The van der Waals surface area contributed by atoms with Crippen molar-refractivity contribution >= 4 is 13.4 Å². The number of nitrogens with two attached hydrogens (primary N) is 1. The maximum atomic E-state index is 12.2. The summed E-state index contributed by atoms with van der Waals surface area (Å²) in [7, 11) is -4.00. The molecule has 0 aromatic carbocycles. The molecule has 0 aliphatic carbocycles. The molecule has 11 heteroatoms. The first-order chi connectivity index (χ1) is 19.4. The quantitative estimate of drug-likeness (QED) is 0.0659. The number of rotatable bonds is 27. The minimum atomic E-state index is -4.00. The van der Waals surface area contributed by atoms with Gasteiger partial charge in [0.05, 0.1) is 25.9 Å². The number of allylic oxidation sites excluding steroid dienone is 2. The number of anilines is 1. The summed E-state index contributed by atoms with van der Waals surface area (Å²) >= 11 is 0. The average molecular weight is 588 g/mol. The zero-order chi connectivity index (χ0) is 29.3. The minimum absolute atomic E-state index is 0.0346. The molecular formula is C29H54N3O7P. The van der Waals surface area contributed by atoms with E-state index in [0.29, 0.717) is 19.6 Å². The third kappa shape index (κ3) is 20.3. The second-order valence-electron chi connectivity index (χ2n) is 10.3. The first-order valence-electron chi connectivity index (χ1n) is 15.1. The summed E-state index contributed by atoms with van der Waals surface area (Å²) in [5.74, 6) is 0.0861. The van der Waals surface area contributed by atoms with Crippen molar-refractivity contribution in [2.75, 3.05) is 38.5 Å². The molecule has 0 radical (unpaired) electrons. The molecule has 2 atom stereocenters. The van der Waals surface area contributed by atoms with Crippen LogP contribution in [-0.4, -0.2) is 58.4 Å². The lowest BCUT2D eigenvalue weighted by Crippen LogP contribution is -2.32. The number of ether oxygens (including phenoxy) is 2. The molecule has 232 valence electrons. The molecule has 40 heavy (non-hydrogen) atoms. The molecule has 0 spiro atoms. The molecule has 0 amide bonds. The molecule has 0 aliphatic rings. The Labute approximate surface area is 240 Å². The lowest BCUT2D eigenvalue weighted by atomic mass is 10.1. The summed E-state index contributed by atoms with van der Waals surface area (Å²) in [4.78, 5) is 25.3. The number of hydrogen-bond donors (Lipinski definition) is 3. The van der Waals surface area contributed by atoms with Gasteiger partial charge in [-0.1, -0.05) is 76.9 Å². The molecule has 1 aromatic heterocycles. The Hall–Kier alpha value is -1.55. The minimum Gasteiger partial charge on any atom is -0.394 e. The van der Waals surface area contributed by atoms with Gasteiger partial charge in [0, 0.05) is 19.4 Å². The van der Waals surface area contributed by atoms with E-state index < -0.39 is 32.3 Å². The van der Waals surface area contributed by atoms with Crippen molar-refractivity contribution in [1.29, 1.82) is 0 Å². The average Bonchev–Trinajstić information content (AvgIpc) is 2.93. The van der Waals surface area contributed by atoms with Crippen LogP contribution < -0.4 is 11.4 Å². The van der Waals surface area contributed by atoms with E-state index in [0.717, 1.165) is 12.8 Å². The molecule has 10 nitrogen and oxygen atoms in total. The summed E-state index contributed by atoms with van der Waals surface area (Å²) < 4.78 is 29.4. The fraction of sp³-hybridized carbons (Fsp3) is 0.793. The second kappa shape index (κ2) is 24.1. The Morgan fingerprint density at radius 1 is 0.950 bits per heavy atom. The maximum Gasteiger partial charge on any atom is 0.353 e. The molecule has 1 rings (SSSR count). The van der Waals surface area contributed by atoms with Crippen molar-refractivity contribution < 1.29 is 28.6 Å². The van der Waals surface area contributed by atoms with Crippen molar-refractivity contribution in [2.45, 2.75) is 116 Å². The van der Waals surface area contributed by atoms with E-state index in [1.807, 2.05) is 0 Å². The monoisotopic (exact) mass is 587 g/mol.